The Balaban J connectivity index is 1.91. The molecular weight excluding hydrogens is 270 g/mol. The van der Waals surface area contributed by atoms with Crippen LogP contribution in [0.25, 0.3) is 11.0 Å². The van der Waals surface area contributed by atoms with Crippen LogP contribution in [0.15, 0.2) is 18.2 Å². The first-order valence-corrected chi connectivity index (χ1v) is 8.02. The summed E-state index contributed by atoms with van der Waals surface area (Å²) in [4.78, 5) is 4.88. The van der Waals surface area contributed by atoms with Crippen LogP contribution in [0.1, 0.15) is 56.8 Å². The highest BCUT2D eigenvalue weighted by Gasteiger charge is 2.38. The second-order valence-electron chi connectivity index (χ2n) is 6.39. The quantitative estimate of drug-likeness (QED) is 0.903. The summed E-state index contributed by atoms with van der Waals surface area (Å²) < 4.78 is 2.40. The smallest absolute Gasteiger partial charge is 0.130 e. The van der Waals surface area contributed by atoms with Crippen molar-refractivity contribution in [2.24, 2.45) is 5.73 Å². The summed E-state index contributed by atoms with van der Waals surface area (Å²) in [6.07, 6.45) is 8.33. The third-order valence-corrected chi connectivity index (χ3v) is 4.99. The highest BCUT2D eigenvalue weighted by atomic mass is 35.5. The van der Waals surface area contributed by atoms with Gasteiger partial charge in [-0.3, -0.25) is 0 Å². The standard InChI is InChI=1S/C16H20ClN3/c17-11-4-7-14-13(10-11)19-15(20(14)12-5-6-12)16(18)8-2-1-3-9-16/h4,7,10,12H,1-3,5-6,8-9,18H2. The van der Waals surface area contributed by atoms with Crippen molar-refractivity contribution in [2.45, 2.75) is 56.5 Å². The molecule has 4 rings (SSSR count). The lowest BCUT2D eigenvalue weighted by Crippen LogP contribution is -2.41. The number of hydrogen-bond acceptors (Lipinski definition) is 2. The monoisotopic (exact) mass is 289 g/mol. The van der Waals surface area contributed by atoms with E-state index in [2.05, 4.69) is 10.6 Å². The Morgan fingerprint density at radius 1 is 1.20 bits per heavy atom. The van der Waals surface area contributed by atoms with Crippen LogP contribution in [0.2, 0.25) is 5.02 Å². The maximum atomic E-state index is 6.73. The molecule has 2 N–H and O–H groups in total. The van der Waals surface area contributed by atoms with Gasteiger partial charge < -0.3 is 10.3 Å². The second kappa shape index (κ2) is 4.47. The lowest BCUT2D eigenvalue weighted by Gasteiger charge is -2.33. The van der Waals surface area contributed by atoms with Crippen molar-refractivity contribution in [3.63, 3.8) is 0 Å². The molecule has 0 bridgehead atoms. The summed E-state index contributed by atoms with van der Waals surface area (Å²) in [6, 6.07) is 6.61. The van der Waals surface area contributed by atoms with E-state index < -0.39 is 0 Å². The number of imidazole rings is 1. The zero-order chi connectivity index (χ0) is 13.7. The Morgan fingerprint density at radius 3 is 2.65 bits per heavy atom. The average Bonchev–Trinajstić information content (AvgIpc) is 3.20. The summed E-state index contributed by atoms with van der Waals surface area (Å²) in [7, 11) is 0. The van der Waals surface area contributed by atoms with Crippen LogP contribution in [0.4, 0.5) is 0 Å². The number of benzene rings is 1. The Kier molecular flexibility index (Phi) is 2.83. The minimum Gasteiger partial charge on any atom is -0.323 e. The van der Waals surface area contributed by atoms with Crippen LogP contribution in [0.3, 0.4) is 0 Å². The van der Waals surface area contributed by atoms with E-state index >= 15 is 0 Å². The molecule has 4 heteroatoms. The maximum Gasteiger partial charge on any atom is 0.130 e. The van der Waals surface area contributed by atoms with Crippen LogP contribution in [-0.4, -0.2) is 9.55 Å². The number of aromatic nitrogens is 2. The summed E-state index contributed by atoms with van der Waals surface area (Å²) in [5.41, 5.74) is 8.68. The van der Waals surface area contributed by atoms with E-state index in [1.807, 2.05) is 12.1 Å². The second-order valence-corrected chi connectivity index (χ2v) is 6.82. The molecule has 0 spiro atoms. The van der Waals surface area contributed by atoms with Gasteiger partial charge in [-0.05, 0) is 43.9 Å². The molecule has 0 radical (unpaired) electrons. The van der Waals surface area contributed by atoms with E-state index in [0.717, 1.165) is 29.2 Å². The molecule has 2 fully saturated rings. The first-order valence-electron chi connectivity index (χ1n) is 7.64. The number of fused-ring (bicyclic) bond motifs is 1. The van der Waals surface area contributed by atoms with E-state index in [1.54, 1.807) is 0 Å². The Morgan fingerprint density at radius 2 is 1.95 bits per heavy atom. The molecule has 1 aromatic heterocycles. The van der Waals surface area contributed by atoms with Crippen LogP contribution in [0.5, 0.6) is 0 Å². The van der Waals surface area contributed by atoms with Crippen molar-refractivity contribution >= 4 is 22.6 Å². The van der Waals surface area contributed by atoms with E-state index in [0.29, 0.717) is 6.04 Å². The topological polar surface area (TPSA) is 43.8 Å². The fourth-order valence-electron chi connectivity index (χ4n) is 3.53. The van der Waals surface area contributed by atoms with Gasteiger partial charge in [0.15, 0.2) is 0 Å². The van der Waals surface area contributed by atoms with Gasteiger partial charge in [0.2, 0.25) is 0 Å². The SMILES string of the molecule is NC1(c2nc3cc(Cl)ccc3n2C2CC2)CCCCC1. The van der Waals surface area contributed by atoms with Crippen LogP contribution in [0, 0.1) is 0 Å². The number of nitrogens with zero attached hydrogens (tertiary/aromatic N) is 2. The van der Waals surface area contributed by atoms with Gasteiger partial charge in [0.1, 0.15) is 5.82 Å². The number of halogens is 1. The summed E-state index contributed by atoms with van der Waals surface area (Å²) in [5, 5.41) is 0.749. The number of rotatable bonds is 2. The molecule has 2 aromatic rings. The first-order chi connectivity index (χ1) is 9.67. The molecule has 2 saturated carbocycles. The Hall–Kier alpha value is -1.06. The molecule has 2 aliphatic rings. The predicted octanol–water partition coefficient (Wildman–Crippen LogP) is 4.14. The highest BCUT2D eigenvalue weighted by molar-refractivity contribution is 6.31. The van der Waals surface area contributed by atoms with Crippen molar-refractivity contribution in [3.05, 3.63) is 29.0 Å². The third kappa shape index (κ3) is 1.95. The Bertz CT molecular complexity index is 651. The molecule has 1 heterocycles. The van der Waals surface area contributed by atoms with E-state index in [-0.39, 0.29) is 5.54 Å². The van der Waals surface area contributed by atoms with Gasteiger partial charge in [-0.15, -0.1) is 0 Å². The molecule has 3 nitrogen and oxygen atoms in total. The molecule has 20 heavy (non-hydrogen) atoms. The predicted molar refractivity (Wildman–Crippen MR) is 82.0 cm³/mol. The van der Waals surface area contributed by atoms with Crippen LogP contribution < -0.4 is 5.73 Å². The van der Waals surface area contributed by atoms with Crippen LogP contribution in [-0.2, 0) is 5.54 Å². The van der Waals surface area contributed by atoms with Crippen molar-refractivity contribution in [1.82, 2.24) is 9.55 Å². The van der Waals surface area contributed by atoms with Crippen molar-refractivity contribution in [1.29, 1.82) is 0 Å². The average molecular weight is 290 g/mol. The lowest BCUT2D eigenvalue weighted by molar-refractivity contribution is 0.279. The minimum absolute atomic E-state index is 0.244. The van der Waals surface area contributed by atoms with E-state index in [9.17, 15) is 0 Å². The largest absolute Gasteiger partial charge is 0.323 e. The van der Waals surface area contributed by atoms with Crippen LogP contribution >= 0.6 is 11.6 Å². The summed E-state index contributed by atoms with van der Waals surface area (Å²) in [6.45, 7) is 0. The first kappa shape index (κ1) is 12.7. The molecular formula is C16H20ClN3. The zero-order valence-corrected chi connectivity index (χ0v) is 12.4. The van der Waals surface area contributed by atoms with E-state index in [4.69, 9.17) is 22.3 Å². The molecule has 0 amide bonds. The van der Waals surface area contributed by atoms with E-state index in [1.165, 1.54) is 37.6 Å². The molecule has 0 unspecified atom stereocenters. The van der Waals surface area contributed by atoms with Crippen molar-refractivity contribution in [2.75, 3.05) is 0 Å². The van der Waals surface area contributed by atoms with Gasteiger partial charge in [0.05, 0.1) is 16.6 Å². The number of hydrogen-bond donors (Lipinski definition) is 1. The molecule has 2 aliphatic carbocycles. The summed E-state index contributed by atoms with van der Waals surface area (Å²) >= 11 is 6.12. The summed E-state index contributed by atoms with van der Waals surface area (Å²) in [5.74, 6) is 1.09. The number of nitrogens with two attached hydrogens (primary N) is 1. The fourth-order valence-corrected chi connectivity index (χ4v) is 3.70. The van der Waals surface area contributed by atoms with Gasteiger partial charge in [0, 0.05) is 11.1 Å². The molecule has 106 valence electrons. The molecule has 0 aliphatic heterocycles. The molecule has 1 aromatic carbocycles. The molecule has 0 saturated heterocycles. The van der Waals surface area contributed by atoms with Crippen molar-refractivity contribution in [3.8, 4) is 0 Å². The highest BCUT2D eigenvalue weighted by Crippen LogP contribution is 2.43. The third-order valence-electron chi connectivity index (χ3n) is 4.75. The lowest BCUT2D eigenvalue weighted by atomic mass is 9.82. The van der Waals surface area contributed by atoms with Gasteiger partial charge in [-0.25, -0.2) is 4.98 Å². The molecule has 0 atom stereocenters. The maximum absolute atomic E-state index is 6.73. The van der Waals surface area contributed by atoms with Gasteiger partial charge in [0.25, 0.3) is 0 Å². The van der Waals surface area contributed by atoms with Gasteiger partial charge >= 0.3 is 0 Å². The fraction of sp³-hybridized carbons (Fsp3) is 0.562. The minimum atomic E-state index is -0.244. The Labute approximate surface area is 124 Å². The normalized spacial score (nSPS) is 22.3. The zero-order valence-electron chi connectivity index (χ0n) is 11.6. The van der Waals surface area contributed by atoms with Gasteiger partial charge in [-0.2, -0.15) is 0 Å². The van der Waals surface area contributed by atoms with Gasteiger partial charge in [-0.1, -0.05) is 30.9 Å². The van der Waals surface area contributed by atoms with Crippen molar-refractivity contribution < 1.29 is 0 Å².